The smallest absolute Gasteiger partial charge is 0.337 e. The first kappa shape index (κ1) is 7.72. The summed E-state index contributed by atoms with van der Waals surface area (Å²) in [4.78, 5) is 25.2. The first-order chi connectivity index (χ1) is 6.16. The lowest BCUT2D eigenvalue weighted by Crippen LogP contribution is -2.04. The molecule has 2 rings (SSSR count). The number of carbonyl (C=O) groups excluding carboxylic acids is 1. The van der Waals surface area contributed by atoms with Gasteiger partial charge in [0.25, 0.3) is 0 Å². The van der Waals surface area contributed by atoms with Gasteiger partial charge in [-0.25, -0.2) is 9.78 Å². The van der Waals surface area contributed by atoms with Crippen molar-refractivity contribution < 1.29 is 14.7 Å². The number of aromatic carboxylic acids is 1. The number of nitrogens with zero attached hydrogens (tertiary/aromatic N) is 1. The third-order valence-corrected chi connectivity index (χ3v) is 1.82. The summed E-state index contributed by atoms with van der Waals surface area (Å²) in [6, 6.07) is 1.46. The van der Waals surface area contributed by atoms with E-state index in [0.29, 0.717) is 11.4 Å². The average molecular weight is 178 g/mol. The Morgan fingerprint density at radius 1 is 1.62 bits per heavy atom. The first-order valence-corrected chi connectivity index (χ1v) is 3.69. The van der Waals surface area contributed by atoms with Gasteiger partial charge in [0, 0.05) is 11.8 Å². The lowest BCUT2D eigenvalue weighted by atomic mass is 10.2. The van der Waals surface area contributed by atoms with Gasteiger partial charge < -0.3 is 10.4 Å². The fourth-order valence-corrected chi connectivity index (χ4v) is 1.22. The lowest BCUT2D eigenvalue weighted by molar-refractivity contribution is -0.115. The number of carboxylic acid groups (broad SMARTS) is 1. The largest absolute Gasteiger partial charge is 0.478 e. The second kappa shape index (κ2) is 2.55. The molecule has 1 aromatic rings. The molecule has 66 valence electrons. The van der Waals surface area contributed by atoms with Crippen LogP contribution in [0.2, 0.25) is 0 Å². The van der Waals surface area contributed by atoms with Gasteiger partial charge >= 0.3 is 5.97 Å². The van der Waals surface area contributed by atoms with Crippen molar-refractivity contribution in [2.24, 2.45) is 0 Å². The Kier molecular flexibility index (Phi) is 1.51. The van der Waals surface area contributed by atoms with Gasteiger partial charge in [-0.3, -0.25) is 4.79 Å². The van der Waals surface area contributed by atoms with E-state index in [-0.39, 0.29) is 17.9 Å². The molecule has 1 aromatic heterocycles. The topological polar surface area (TPSA) is 79.3 Å². The molecule has 0 atom stereocenters. The van der Waals surface area contributed by atoms with Gasteiger partial charge in [-0.05, 0) is 6.07 Å². The summed E-state index contributed by atoms with van der Waals surface area (Å²) in [5, 5.41) is 11.2. The lowest BCUT2D eigenvalue weighted by Gasteiger charge is -1.97. The van der Waals surface area contributed by atoms with Gasteiger partial charge in [0.15, 0.2) is 0 Å². The van der Waals surface area contributed by atoms with Crippen LogP contribution in [-0.2, 0) is 11.2 Å². The van der Waals surface area contributed by atoms with Crippen LogP contribution in [0.3, 0.4) is 0 Å². The van der Waals surface area contributed by atoms with E-state index in [4.69, 9.17) is 5.11 Å². The van der Waals surface area contributed by atoms with Gasteiger partial charge in [-0.15, -0.1) is 0 Å². The van der Waals surface area contributed by atoms with Crippen molar-refractivity contribution in [3.8, 4) is 0 Å². The summed E-state index contributed by atoms with van der Waals surface area (Å²) in [6.07, 6.45) is 1.44. The molecule has 5 heteroatoms. The van der Waals surface area contributed by atoms with E-state index in [1.807, 2.05) is 0 Å². The van der Waals surface area contributed by atoms with E-state index in [0.717, 1.165) is 0 Å². The molecule has 0 fully saturated rings. The molecule has 1 aliphatic heterocycles. The molecule has 0 saturated carbocycles. The maximum Gasteiger partial charge on any atom is 0.337 e. The number of hydrogen-bond donors (Lipinski definition) is 2. The first-order valence-electron chi connectivity index (χ1n) is 3.69. The number of amides is 1. The van der Waals surface area contributed by atoms with Crippen molar-refractivity contribution in [1.82, 2.24) is 4.98 Å². The van der Waals surface area contributed by atoms with Crippen LogP contribution in [0.1, 0.15) is 15.9 Å². The normalized spacial score (nSPS) is 13.7. The average Bonchev–Trinajstić information content (AvgIpc) is 2.42. The Morgan fingerprint density at radius 2 is 2.38 bits per heavy atom. The van der Waals surface area contributed by atoms with E-state index in [2.05, 4.69) is 10.3 Å². The summed E-state index contributed by atoms with van der Waals surface area (Å²) < 4.78 is 0. The molecule has 0 unspecified atom stereocenters. The van der Waals surface area contributed by atoms with Crippen LogP contribution < -0.4 is 5.32 Å². The van der Waals surface area contributed by atoms with Crippen molar-refractivity contribution in [3.05, 3.63) is 23.4 Å². The third kappa shape index (κ3) is 1.24. The zero-order valence-corrected chi connectivity index (χ0v) is 6.57. The number of fused-ring (bicyclic) bond motifs is 1. The number of carboxylic acids is 1. The van der Waals surface area contributed by atoms with Gasteiger partial charge in [-0.2, -0.15) is 0 Å². The van der Waals surface area contributed by atoms with Gasteiger partial charge in [0.2, 0.25) is 5.91 Å². The summed E-state index contributed by atoms with van der Waals surface area (Å²) in [7, 11) is 0. The predicted octanol–water partition coefficient (Wildman–Crippen LogP) is 0.274. The SMILES string of the molecule is O=C1Cc2cc(C(=O)O)cnc2N1. The molecule has 0 aromatic carbocycles. The fourth-order valence-electron chi connectivity index (χ4n) is 1.22. The molecule has 0 radical (unpaired) electrons. The molecule has 2 heterocycles. The van der Waals surface area contributed by atoms with E-state index in [1.165, 1.54) is 12.3 Å². The third-order valence-electron chi connectivity index (χ3n) is 1.82. The van der Waals surface area contributed by atoms with Gasteiger partial charge in [-0.1, -0.05) is 0 Å². The molecule has 13 heavy (non-hydrogen) atoms. The maximum absolute atomic E-state index is 10.9. The van der Waals surface area contributed by atoms with Crippen LogP contribution in [-0.4, -0.2) is 22.0 Å². The monoisotopic (exact) mass is 178 g/mol. The van der Waals surface area contributed by atoms with Crippen LogP contribution in [0.5, 0.6) is 0 Å². The Hall–Kier alpha value is -1.91. The zero-order valence-electron chi connectivity index (χ0n) is 6.57. The van der Waals surface area contributed by atoms with Crippen molar-refractivity contribution in [3.63, 3.8) is 0 Å². The number of hydrogen-bond acceptors (Lipinski definition) is 3. The summed E-state index contributed by atoms with van der Waals surface area (Å²) in [6.45, 7) is 0. The highest BCUT2D eigenvalue weighted by atomic mass is 16.4. The highest BCUT2D eigenvalue weighted by Gasteiger charge is 2.20. The Balaban J connectivity index is 2.45. The van der Waals surface area contributed by atoms with Gasteiger partial charge in [0.05, 0.1) is 12.0 Å². The predicted molar refractivity (Wildman–Crippen MR) is 43.5 cm³/mol. The minimum absolute atomic E-state index is 0.107. The fraction of sp³-hybridized carbons (Fsp3) is 0.125. The number of pyridine rings is 1. The number of carbonyl (C=O) groups is 2. The zero-order chi connectivity index (χ0) is 9.42. The van der Waals surface area contributed by atoms with Crippen molar-refractivity contribution in [1.29, 1.82) is 0 Å². The van der Waals surface area contributed by atoms with E-state index < -0.39 is 5.97 Å². The molecule has 0 saturated heterocycles. The van der Waals surface area contributed by atoms with Crippen molar-refractivity contribution in [2.45, 2.75) is 6.42 Å². The van der Waals surface area contributed by atoms with E-state index in [9.17, 15) is 9.59 Å². The molecule has 1 aliphatic rings. The Labute approximate surface area is 73.4 Å². The van der Waals surface area contributed by atoms with Crippen LogP contribution >= 0.6 is 0 Å². The van der Waals surface area contributed by atoms with Crippen LogP contribution in [0.4, 0.5) is 5.82 Å². The molecule has 1 amide bonds. The summed E-state index contributed by atoms with van der Waals surface area (Å²) in [5.41, 5.74) is 0.750. The summed E-state index contributed by atoms with van der Waals surface area (Å²) >= 11 is 0. The number of aromatic nitrogens is 1. The quantitative estimate of drug-likeness (QED) is 0.647. The summed E-state index contributed by atoms with van der Waals surface area (Å²) in [5.74, 6) is -0.713. The molecule has 0 aliphatic carbocycles. The molecule has 2 N–H and O–H groups in total. The van der Waals surface area contributed by atoms with Crippen LogP contribution in [0.25, 0.3) is 0 Å². The molecular weight excluding hydrogens is 172 g/mol. The van der Waals surface area contributed by atoms with Crippen LogP contribution in [0.15, 0.2) is 12.3 Å². The second-order valence-electron chi connectivity index (χ2n) is 2.76. The minimum Gasteiger partial charge on any atom is -0.478 e. The highest BCUT2D eigenvalue weighted by molar-refractivity contribution is 5.99. The van der Waals surface area contributed by atoms with Crippen molar-refractivity contribution >= 4 is 17.7 Å². The van der Waals surface area contributed by atoms with Crippen molar-refractivity contribution in [2.75, 3.05) is 5.32 Å². The van der Waals surface area contributed by atoms with E-state index in [1.54, 1.807) is 0 Å². The molecular formula is C8H6N2O3. The van der Waals surface area contributed by atoms with Gasteiger partial charge in [0.1, 0.15) is 5.82 Å². The maximum atomic E-state index is 10.9. The molecule has 0 bridgehead atoms. The molecule has 0 spiro atoms. The standard InChI is InChI=1S/C8H6N2O3/c11-6-2-4-1-5(8(12)13)3-9-7(4)10-6/h1,3H,2H2,(H,12,13)(H,9,10,11). The number of rotatable bonds is 1. The van der Waals surface area contributed by atoms with Crippen LogP contribution in [0, 0.1) is 0 Å². The Morgan fingerprint density at radius 3 is 3.08 bits per heavy atom. The number of anilines is 1. The molecule has 5 nitrogen and oxygen atoms in total. The second-order valence-corrected chi connectivity index (χ2v) is 2.76. The minimum atomic E-state index is -1.03. The highest BCUT2D eigenvalue weighted by Crippen LogP contribution is 2.20. The Bertz CT molecular complexity index is 400. The number of nitrogens with one attached hydrogen (secondary N) is 1. The van der Waals surface area contributed by atoms with E-state index >= 15 is 0 Å².